The molecule has 0 radical (unpaired) electrons. The van der Waals surface area contributed by atoms with Crippen LogP contribution in [0.2, 0.25) is 0 Å². The molecule has 0 atom stereocenters. The van der Waals surface area contributed by atoms with Crippen LogP contribution in [-0.2, 0) is 10.0 Å². The molecule has 0 aliphatic rings. The first-order valence-corrected chi connectivity index (χ1v) is 8.41. The first-order valence-electron chi connectivity index (χ1n) is 5.32. The average Bonchev–Trinajstić information content (AvgIpc) is 2.55. The van der Waals surface area contributed by atoms with Crippen molar-refractivity contribution in [1.82, 2.24) is 10.0 Å². The zero-order valence-corrected chi connectivity index (χ0v) is 13.3. The molecule has 4 nitrogen and oxygen atoms in total. The number of halogens is 1. The predicted molar refractivity (Wildman–Crippen MR) is 75.1 cm³/mol. The van der Waals surface area contributed by atoms with E-state index < -0.39 is 10.0 Å². The van der Waals surface area contributed by atoms with Crippen molar-refractivity contribution in [3.05, 3.63) is 15.4 Å². The maximum Gasteiger partial charge on any atom is 0.250 e. The van der Waals surface area contributed by atoms with Crippen LogP contribution in [0, 0.1) is 6.92 Å². The van der Waals surface area contributed by atoms with E-state index in [1.165, 1.54) is 11.3 Å². The molecule has 2 N–H and O–H groups in total. The quantitative estimate of drug-likeness (QED) is 0.779. The molecule has 7 heteroatoms. The number of sulfonamides is 1. The molecule has 0 saturated carbocycles. The van der Waals surface area contributed by atoms with Crippen molar-refractivity contribution in [2.24, 2.45) is 0 Å². The summed E-state index contributed by atoms with van der Waals surface area (Å²) in [5.74, 6) is 0. The van der Waals surface area contributed by atoms with Crippen molar-refractivity contribution < 1.29 is 8.42 Å². The second-order valence-electron chi connectivity index (χ2n) is 4.03. The van der Waals surface area contributed by atoms with Gasteiger partial charge < -0.3 is 5.32 Å². The summed E-state index contributed by atoms with van der Waals surface area (Å²) >= 11 is 4.55. The molecule has 0 bridgehead atoms. The number of thiophene rings is 1. The lowest BCUT2D eigenvalue weighted by Gasteiger charge is -2.08. The molecule has 0 spiro atoms. The molecule has 0 aliphatic heterocycles. The lowest BCUT2D eigenvalue weighted by atomic mass is 10.4. The van der Waals surface area contributed by atoms with Crippen molar-refractivity contribution in [3.63, 3.8) is 0 Å². The van der Waals surface area contributed by atoms with E-state index in [9.17, 15) is 8.42 Å². The second kappa shape index (κ2) is 6.29. The fraction of sp³-hybridized carbons (Fsp3) is 0.600. The van der Waals surface area contributed by atoms with Gasteiger partial charge in [0.15, 0.2) is 0 Å². The van der Waals surface area contributed by atoms with Crippen molar-refractivity contribution >= 4 is 37.3 Å². The maximum atomic E-state index is 11.9. The summed E-state index contributed by atoms with van der Waals surface area (Å²) in [7, 11) is -3.36. The lowest BCUT2D eigenvalue weighted by Crippen LogP contribution is -2.34. The van der Waals surface area contributed by atoms with Gasteiger partial charge in [0, 0.05) is 19.1 Å². The third-order valence-corrected chi connectivity index (χ3v) is 6.14. The highest BCUT2D eigenvalue weighted by molar-refractivity contribution is 9.11. The predicted octanol–water partition coefficient (Wildman–Crippen LogP) is 2.10. The van der Waals surface area contributed by atoms with Gasteiger partial charge in [-0.25, -0.2) is 13.1 Å². The second-order valence-corrected chi connectivity index (χ2v) is 8.39. The van der Waals surface area contributed by atoms with Gasteiger partial charge in [0.1, 0.15) is 4.21 Å². The van der Waals surface area contributed by atoms with Gasteiger partial charge in [0.2, 0.25) is 10.0 Å². The van der Waals surface area contributed by atoms with E-state index in [2.05, 4.69) is 26.0 Å². The van der Waals surface area contributed by atoms with Crippen molar-refractivity contribution in [2.75, 3.05) is 13.1 Å². The highest BCUT2D eigenvalue weighted by Crippen LogP contribution is 2.30. The molecule has 17 heavy (non-hydrogen) atoms. The minimum atomic E-state index is -3.36. The molecular formula is C10H17BrN2O2S2. The van der Waals surface area contributed by atoms with Crippen molar-refractivity contribution in [1.29, 1.82) is 0 Å². The molecule has 0 unspecified atom stereocenters. The summed E-state index contributed by atoms with van der Waals surface area (Å²) in [5.41, 5.74) is 0.940. The standard InChI is InChI=1S/C10H17BrN2O2S2/c1-7(2)12-4-5-13-17(14,15)9-6-8(3)10(11)16-9/h6-7,12-13H,4-5H2,1-3H3. The minimum absolute atomic E-state index is 0.353. The lowest BCUT2D eigenvalue weighted by molar-refractivity contribution is 0.561. The molecule has 98 valence electrons. The van der Waals surface area contributed by atoms with E-state index in [0.717, 1.165) is 9.35 Å². The molecule has 1 aromatic rings. The van der Waals surface area contributed by atoms with E-state index in [1.807, 2.05) is 20.8 Å². The van der Waals surface area contributed by atoms with E-state index in [4.69, 9.17) is 0 Å². The van der Waals surface area contributed by atoms with Gasteiger partial charge in [-0.3, -0.25) is 0 Å². The Kier molecular flexibility index (Phi) is 5.59. The van der Waals surface area contributed by atoms with Crippen LogP contribution in [0.4, 0.5) is 0 Å². The number of hydrogen-bond acceptors (Lipinski definition) is 4. The summed E-state index contributed by atoms with van der Waals surface area (Å²) in [5, 5.41) is 3.15. The summed E-state index contributed by atoms with van der Waals surface area (Å²) < 4.78 is 27.6. The van der Waals surface area contributed by atoms with Crippen LogP contribution < -0.4 is 10.0 Å². The van der Waals surface area contributed by atoms with E-state index in [1.54, 1.807) is 6.07 Å². The monoisotopic (exact) mass is 340 g/mol. The van der Waals surface area contributed by atoms with Crippen LogP contribution in [0.25, 0.3) is 0 Å². The number of rotatable bonds is 6. The highest BCUT2D eigenvalue weighted by Gasteiger charge is 2.17. The van der Waals surface area contributed by atoms with E-state index >= 15 is 0 Å². The van der Waals surface area contributed by atoms with Gasteiger partial charge in [0.25, 0.3) is 0 Å². The van der Waals surface area contributed by atoms with Gasteiger partial charge in [0.05, 0.1) is 3.79 Å². The zero-order valence-electron chi connectivity index (χ0n) is 10.1. The Bertz CT molecular complexity index is 449. The normalized spacial score (nSPS) is 12.3. The molecular weight excluding hydrogens is 324 g/mol. The first-order chi connectivity index (χ1) is 7.83. The largest absolute Gasteiger partial charge is 0.313 e. The fourth-order valence-corrected chi connectivity index (χ4v) is 4.48. The Balaban J connectivity index is 2.57. The Morgan fingerprint density at radius 2 is 2.06 bits per heavy atom. The summed E-state index contributed by atoms with van der Waals surface area (Å²) in [6.07, 6.45) is 0. The SMILES string of the molecule is Cc1cc(S(=O)(=O)NCCNC(C)C)sc1Br. The number of nitrogens with one attached hydrogen (secondary N) is 2. The molecule has 1 aromatic heterocycles. The van der Waals surface area contributed by atoms with Crippen molar-refractivity contribution in [3.8, 4) is 0 Å². The van der Waals surface area contributed by atoms with Gasteiger partial charge in [-0.05, 0) is 34.5 Å². The fourth-order valence-electron chi connectivity index (χ4n) is 1.18. The average molecular weight is 341 g/mol. The van der Waals surface area contributed by atoms with Crippen LogP contribution >= 0.6 is 27.3 Å². The van der Waals surface area contributed by atoms with Crippen LogP contribution in [0.3, 0.4) is 0 Å². The molecule has 0 amide bonds. The van der Waals surface area contributed by atoms with Crippen molar-refractivity contribution in [2.45, 2.75) is 31.0 Å². The molecule has 0 aromatic carbocycles. The molecule has 1 heterocycles. The number of hydrogen-bond donors (Lipinski definition) is 2. The van der Waals surface area contributed by atoms with Gasteiger partial charge in [-0.15, -0.1) is 11.3 Å². The highest BCUT2D eigenvalue weighted by atomic mass is 79.9. The maximum absolute atomic E-state index is 11.9. The zero-order chi connectivity index (χ0) is 13.1. The van der Waals surface area contributed by atoms with Crippen LogP contribution in [-0.4, -0.2) is 27.5 Å². The third-order valence-electron chi connectivity index (χ3n) is 2.07. The molecule has 0 fully saturated rings. The van der Waals surface area contributed by atoms with Crippen LogP contribution in [0.1, 0.15) is 19.4 Å². The topological polar surface area (TPSA) is 58.2 Å². The summed E-state index contributed by atoms with van der Waals surface area (Å²) in [6.45, 7) is 6.94. The van der Waals surface area contributed by atoms with Gasteiger partial charge >= 0.3 is 0 Å². The number of aryl methyl sites for hydroxylation is 1. The Morgan fingerprint density at radius 3 is 2.53 bits per heavy atom. The summed E-state index contributed by atoms with van der Waals surface area (Å²) in [6, 6.07) is 2.03. The molecule has 0 aliphatic carbocycles. The summed E-state index contributed by atoms with van der Waals surface area (Å²) in [4.78, 5) is 0. The van der Waals surface area contributed by atoms with Crippen LogP contribution in [0.5, 0.6) is 0 Å². The Morgan fingerprint density at radius 1 is 1.41 bits per heavy atom. The Hall–Kier alpha value is 0.0500. The van der Waals surface area contributed by atoms with E-state index in [0.29, 0.717) is 23.3 Å². The smallest absolute Gasteiger partial charge is 0.250 e. The van der Waals surface area contributed by atoms with Gasteiger partial charge in [-0.1, -0.05) is 13.8 Å². The Labute approximate surface area is 115 Å². The third kappa shape index (κ3) is 4.67. The van der Waals surface area contributed by atoms with Gasteiger partial charge in [-0.2, -0.15) is 0 Å². The minimum Gasteiger partial charge on any atom is -0.313 e. The van der Waals surface area contributed by atoms with E-state index in [-0.39, 0.29) is 0 Å². The molecule has 0 saturated heterocycles. The first kappa shape index (κ1) is 15.1. The van der Waals surface area contributed by atoms with Crippen LogP contribution in [0.15, 0.2) is 14.1 Å². The molecule has 1 rings (SSSR count).